The van der Waals surface area contributed by atoms with Crippen LogP contribution >= 0.6 is 11.6 Å². The van der Waals surface area contributed by atoms with Crippen molar-refractivity contribution in [3.8, 4) is 0 Å². The lowest BCUT2D eigenvalue weighted by atomic mass is 10.1. The summed E-state index contributed by atoms with van der Waals surface area (Å²) in [4.78, 5) is 15.9. The zero-order valence-corrected chi connectivity index (χ0v) is 11.0. The summed E-state index contributed by atoms with van der Waals surface area (Å²) >= 11 is 5.86. The van der Waals surface area contributed by atoms with E-state index in [0.717, 1.165) is 12.0 Å². The van der Waals surface area contributed by atoms with Crippen LogP contribution in [0, 0.1) is 0 Å². The SMILES string of the molecule is Nc1cc(Cl)cc(C(=O)NCCc2cccnc2)c1. The van der Waals surface area contributed by atoms with Crippen LogP contribution in [0.5, 0.6) is 0 Å². The molecular formula is C14H14ClN3O. The summed E-state index contributed by atoms with van der Waals surface area (Å²) in [5.74, 6) is -0.182. The van der Waals surface area contributed by atoms with Crippen molar-refractivity contribution in [2.24, 2.45) is 0 Å². The fraction of sp³-hybridized carbons (Fsp3) is 0.143. The Morgan fingerprint density at radius 3 is 2.89 bits per heavy atom. The van der Waals surface area contributed by atoms with Crippen LogP contribution in [0.1, 0.15) is 15.9 Å². The number of rotatable bonds is 4. The molecule has 5 heteroatoms. The number of nitrogens with one attached hydrogen (secondary N) is 1. The Hall–Kier alpha value is -2.07. The molecule has 1 heterocycles. The molecule has 3 N–H and O–H groups in total. The second-order valence-electron chi connectivity index (χ2n) is 4.14. The minimum atomic E-state index is -0.182. The highest BCUT2D eigenvalue weighted by atomic mass is 35.5. The van der Waals surface area contributed by atoms with Gasteiger partial charge in [-0.2, -0.15) is 0 Å². The fourth-order valence-electron chi connectivity index (χ4n) is 1.71. The molecule has 0 fully saturated rings. The third-order valence-corrected chi connectivity index (χ3v) is 2.82. The third-order valence-electron chi connectivity index (χ3n) is 2.60. The number of pyridine rings is 1. The van der Waals surface area contributed by atoms with Crippen molar-refractivity contribution in [2.45, 2.75) is 6.42 Å². The van der Waals surface area contributed by atoms with Gasteiger partial charge in [-0.15, -0.1) is 0 Å². The number of halogens is 1. The molecule has 0 bridgehead atoms. The van der Waals surface area contributed by atoms with Gasteiger partial charge in [-0.3, -0.25) is 9.78 Å². The Labute approximate surface area is 116 Å². The molecule has 2 aromatic rings. The molecule has 4 nitrogen and oxygen atoms in total. The highest BCUT2D eigenvalue weighted by Gasteiger charge is 2.06. The predicted molar refractivity (Wildman–Crippen MR) is 76.1 cm³/mol. The number of carbonyl (C=O) groups excluding carboxylic acids is 1. The summed E-state index contributed by atoms with van der Waals surface area (Å²) in [5, 5.41) is 3.28. The minimum Gasteiger partial charge on any atom is -0.399 e. The van der Waals surface area contributed by atoms with Crippen LogP contribution in [0.2, 0.25) is 5.02 Å². The highest BCUT2D eigenvalue weighted by molar-refractivity contribution is 6.31. The Morgan fingerprint density at radius 1 is 1.37 bits per heavy atom. The van der Waals surface area contributed by atoms with Gasteiger partial charge in [0.2, 0.25) is 0 Å². The van der Waals surface area contributed by atoms with E-state index < -0.39 is 0 Å². The van der Waals surface area contributed by atoms with E-state index in [1.54, 1.807) is 30.6 Å². The molecule has 98 valence electrons. The number of hydrogen-bond acceptors (Lipinski definition) is 3. The molecule has 0 aliphatic heterocycles. The number of nitrogens with two attached hydrogens (primary N) is 1. The molecule has 0 spiro atoms. The van der Waals surface area contributed by atoms with Gasteiger partial charge in [0.05, 0.1) is 0 Å². The van der Waals surface area contributed by atoms with Crippen molar-refractivity contribution >= 4 is 23.2 Å². The monoisotopic (exact) mass is 275 g/mol. The molecule has 1 aromatic heterocycles. The van der Waals surface area contributed by atoms with Gasteiger partial charge in [-0.05, 0) is 36.2 Å². The Kier molecular flexibility index (Phi) is 4.36. The van der Waals surface area contributed by atoms with Crippen LogP contribution in [0.4, 0.5) is 5.69 Å². The van der Waals surface area contributed by atoms with E-state index in [9.17, 15) is 4.79 Å². The van der Waals surface area contributed by atoms with Crippen LogP contribution < -0.4 is 11.1 Å². The number of nitrogens with zero attached hydrogens (tertiary/aromatic N) is 1. The van der Waals surface area contributed by atoms with Crippen LogP contribution in [-0.2, 0) is 6.42 Å². The largest absolute Gasteiger partial charge is 0.399 e. The summed E-state index contributed by atoms with van der Waals surface area (Å²) in [6.07, 6.45) is 4.23. The first-order chi connectivity index (χ1) is 9.15. The lowest BCUT2D eigenvalue weighted by molar-refractivity contribution is 0.0954. The van der Waals surface area contributed by atoms with Gasteiger partial charge in [0, 0.05) is 35.2 Å². The lowest BCUT2D eigenvalue weighted by Gasteiger charge is -2.06. The van der Waals surface area contributed by atoms with Gasteiger partial charge in [0.1, 0.15) is 0 Å². The Bertz CT molecular complexity index is 552. The van der Waals surface area contributed by atoms with E-state index in [-0.39, 0.29) is 5.91 Å². The van der Waals surface area contributed by atoms with E-state index >= 15 is 0 Å². The number of hydrogen-bond donors (Lipinski definition) is 2. The molecule has 2 rings (SSSR count). The smallest absolute Gasteiger partial charge is 0.251 e. The summed E-state index contributed by atoms with van der Waals surface area (Å²) in [6.45, 7) is 0.539. The van der Waals surface area contributed by atoms with Gasteiger partial charge in [0.15, 0.2) is 0 Å². The van der Waals surface area contributed by atoms with Crippen LogP contribution in [0.25, 0.3) is 0 Å². The second-order valence-corrected chi connectivity index (χ2v) is 4.58. The Morgan fingerprint density at radius 2 is 2.21 bits per heavy atom. The van der Waals surface area contributed by atoms with E-state index in [2.05, 4.69) is 10.3 Å². The van der Waals surface area contributed by atoms with Crippen LogP contribution in [0.15, 0.2) is 42.7 Å². The number of aromatic nitrogens is 1. The third kappa shape index (κ3) is 3.96. The zero-order valence-electron chi connectivity index (χ0n) is 10.3. The quantitative estimate of drug-likeness (QED) is 0.841. The van der Waals surface area contributed by atoms with Crippen molar-refractivity contribution in [1.29, 1.82) is 0 Å². The first kappa shape index (κ1) is 13.4. The molecule has 1 amide bonds. The molecule has 0 radical (unpaired) electrons. The van der Waals surface area contributed by atoms with Crippen LogP contribution in [0.3, 0.4) is 0 Å². The van der Waals surface area contributed by atoms with E-state index in [0.29, 0.717) is 22.8 Å². The zero-order chi connectivity index (χ0) is 13.7. The summed E-state index contributed by atoms with van der Waals surface area (Å²) in [6, 6.07) is 8.64. The van der Waals surface area contributed by atoms with E-state index in [1.807, 2.05) is 12.1 Å². The van der Waals surface area contributed by atoms with Gasteiger partial charge < -0.3 is 11.1 Å². The lowest BCUT2D eigenvalue weighted by Crippen LogP contribution is -2.25. The van der Waals surface area contributed by atoms with Crippen molar-refractivity contribution in [3.63, 3.8) is 0 Å². The standard InChI is InChI=1S/C14H14ClN3O/c15-12-6-11(7-13(16)8-12)14(19)18-5-3-10-2-1-4-17-9-10/h1-2,4,6-9H,3,5,16H2,(H,18,19). The topological polar surface area (TPSA) is 68.0 Å². The van der Waals surface area contributed by atoms with Crippen molar-refractivity contribution in [3.05, 3.63) is 58.9 Å². The minimum absolute atomic E-state index is 0.182. The molecule has 0 unspecified atom stereocenters. The second kappa shape index (κ2) is 6.20. The summed E-state index contributed by atoms with van der Waals surface area (Å²) in [7, 11) is 0. The van der Waals surface area contributed by atoms with Crippen molar-refractivity contribution < 1.29 is 4.79 Å². The van der Waals surface area contributed by atoms with Crippen molar-refractivity contribution in [1.82, 2.24) is 10.3 Å². The fourth-order valence-corrected chi connectivity index (χ4v) is 1.96. The maximum Gasteiger partial charge on any atom is 0.251 e. The number of nitrogen functional groups attached to an aromatic ring is 1. The first-order valence-corrected chi connectivity index (χ1v) is 6.26. The average Bonchev–Trinajstić information content (AvgIpc) is 2.38. The number of amides is 1. The first-order valence-electron chi connectivity index (χ1n) is 5.88. The number of benzene rings is 1. The molecule has 0 aliphatic rings. The van der Waals surface area contributed by atoms with Crippen molar-refractivity contribution in [2.75, 3.05) is 12.3 Å². The highest BCUT2D eigenvalue weighted by Crippen LogP contribution is 2.16. The van der Waals surface area contributed by atoms with Gasteiger partial charge in [0.25, 0.3) is 5.91 Å². The van der Waals surface area contributed by atoms with E-state index in [1.165, 1.54) is 0 Å². The molecule has 1 aromatic carbocycles. The molecule has 0 atom stereocenters. The molecule has 0 saturated carbocycles. The molecular weight excluding hydrogens is 262 g/mol. The Balaban J connectivity index is 1.91. The van der Waals surface area contributed by atoms with Crippen LogP contribution in [-0.4, -0.2) is 17.4 Å². The van der Waals surface area contributed by atoms with Gasteiger partial charge in [-0.1, -0.05) is 17.7 Å². The maximum absolute atomic E-state index is 11.9. The van der Waals surface area contributed by atoms with E-state index in [4.69, 9.17) is 17.3 Å². The maximum atomic E-state index is 11.9. The number of anilines is 1. The molecule has 19 heavy (non-hydrogen) atoms. The predicted octanol–water partition coefficient (Wildman–Crippen LogP) is 2.29. The molecule has 0 saturated heterocycles. The van der Waals surface area contributed by atoms with Gasteiger partial charge in [-0.25, -0.2) is 0 Å². The van der Waals surface area contributed by atoms with Gasteiger partial charge >= 0.3 is 0 Å². The molecule has 0 aliphatic carbocycles. The summed E-state index contributed by atoms with van der Waals surface area (Å²) < 4.78 is 0. The number of carbonyl (C=O) groups is 1. The normalized spacial score (nSPS) is 10.2. The average molecular weight is 276 g/mol. The summed E-state index contributed by atoms with van der Waals surface area (Å²) in [5.41, 5.74) is 7.67.